The Labute approximate surface area is 140 Å². The van der Waals surface area contributed by atoms with E-state index in [4.69, 9.17) is 9.47 Å². The standard InChI is InChI=1S/C15H20N4O4S/c1-19-8-15(17-11-19)24(20,21)18-13-10-22-7-5-14(13)23-9-12-4-2-3-6-16-12/h2-4,6,8,11,13-14,18H,5,7,9-10H2,1H3/t13-,14-/m1/s1. The van der Waals surface area contributed by atoms with Crippen molar-refractivity contribution in [1.29, 1.82) is 0 Å². The molecule has 3 heterocycles. The van der Waals surface area contributed by atoms with Gasteiger partial charge >= 0.3 is 0 Å². The van der Waals surface area contributed by atoms with Gasteiger partial charge in [-0.05, 0) is 18.6 Å². The molecule has 1 fully saturated rings. The molecule has 24 heavy (non-hydrogen) atoms. The van der Waals surface area contributed by atoms with E-state index in [1.807, 2.05) is 18.2 Å². The third-order valence-corrected chi connectivity index (χ3v) is 5.10. The van der Waals surface area contributed by atoms with E-state index in [0.29, 0.717) is 19.6 Å². The first-order chi connectivity index (χ1) is 11.5. The lowest BCUT2D eigenvalue weighted by molar-refractivity contribution is -0.0580. The Morgan fingerprint density at radius 1 is 1.42 bits per heavy atom. The summed E-state index contributed by atoms with van der Waals surface area (Å²) in [6, 6.07) is 5.12. The van der Waals surface area contributed by atoms with Gasteiger partial charge in [0.05, 0.1) is 37.4 Å². The van der Waals surface area contributed by atoms with E-state index in [-0.39, 0.29) is 17.7 Å². The van der Waals surface area contributed by atoms with Crippen molar-refractivity contribution >= 4 is 10.0 Å². The number of nitrogens with one attached hydrogen (secondary N) is 1. The molecule has 1 aliphatic heterocycles. The Balaban J connectivity index is 1.66. The molecule has 0 saturated carbocycles. The minimum atomic E-state index is -3.71. The van der Waals surface area contributed by atoms with Gasteiger partial charge in [-0.25, -0.2) is 18.1 Å². The molecule has 2 aromatic rings. The van der Waals surface area contributed by atoms with E-state index in [0.717, 1.165) is 5.69 Å². The Hall–Kier alpha value is -1.81. The van der Waals surface area contributed by atoms with Crippen LogP contribution in [-0.2, 0) is 33.2 Å². The van der Waals surface area contributed by atoms with E-state index < -0.39 is 16.1 Å². The van der Waals surface area contributed by atoms with E-state index in [2.05, 4.69) is 14.7 Å². The van der Waals surface area contributed by atoms with Crippen LogP contribution in [0.1, 0.15) is 12.1 Å². The predicted molar refractivity (Wildman–Crippen MR) is 85.6 cm³/mol. The number of nitrogens with zero attached hydrogens (tertiary/aromatic N) is 3. The summed E-state index contributed by atoms with van der Waals surface area (Å²) in [7, 11) is -2.00. The van der Waals surface area contributed by atoms with Gasteiger partial charge < -0.3 is 14.0 Å². The molecule has 8 nitrogen and oxygen atoms in total. The number of aryl methyl sites for hydroxylation is 1. The fourth-order valence-corrected chi connectivity index (χ4v) is 3.72. The maximum atomic E-state index is 12.4. The first-order valence-electron chi connectivity index (χ1n) is 7.64. The summed E-state index contributed by atoms with van der Waals surface area (Å²) in [5.74, 6) is 0. The number of hydrogen-bond donors (Lipinski definition) is 1. The Morgan fingerprint density at radius 3 is 3.00 bits per heavy atom. The second-order valence-corrected chi connectivity index (χ2v) is 7.30. The largest absolute Gasteiger partial charge is 0.380 e. The van der Waals surface area contributed by atoms with Crippen LogP contribution in [0.5, 0.6) is 0 Å². The van der Waals surface area contributed by atoms with Gasteiger partial charge in [0.15, 0.2) is 5.03 Å². The monoisotopic (exact) mass is 352 g/mol. The average molecular weight is 352 g/mol. The molecule has 0 radical (unpaired) electrons. The summed E-state index contributed by atoms with van der Waals surface area (Å²) in [5, 5.41) is -0.0148. The van der Waals surface area contributed by atoms with Gasteiger partial charge in [0.2, 0.25) is 0 Å². The molecule has 0 aromatic carbocycles. The molecule has 130 valence electrons. The van der Waals surface area contributed by atoms with Crippen LogP contribution in [0.3, 0.4) is 0 Å². The zero-order valence-corrected chi connectivity index (χ0v) is 14.1. The molecule has 2 aromatic heterocycles. The second kappa shape index (κ2) is 7.39. The van der Waals surface area contributed by atoms with E-state index in [1.54, 1.807) is 17.8 Å². The molecule has 1 saturated heterocycles. The van der Waals surface area contributed by atoms with Crippen molar-refractivity contribution in [2.75, 3.05) is 13.2 Å². The fourth-order valence-electron chi connectivity index (χ4n) is 2.49. The summed E-state index contributed by atoms with van der Waals surface area (Å²) < 4.78 is 40.3. The van der Waals surface area contributed by atoms with E-state index in [1.165, 1.54) is 12.5 Å². The quantitative estimate of drug-likeness (QED) is 0.812. The van der Waals surface area contributed by atoms with Gasteiger partial charge in [-0.2, -0.15) is 0 Å². The minimum Gasteiger partial charge on any atom is -0.380 e. The lowest BCUT2D eigenvalue weighted by Crippen LogP contribution is -2.50. The van der Waals surface area contributed by atoms with Crippen molar-refractivity contribution in [3.8, 4) is 0 Å². The van der Waals surface area contributed by atoms with Gasteiger partial charge in [0.25, 0.3) is 10.0 Å². The van der Waals surface area contributed by atoms with Crippen LogP contribution in [-0.4, -0.2) is 48.3 Å². The van der Waals surface area contributed by atoms with Gasteiger partial charge in [0.1, 0.15) is 0 Å². The first kappa shape index (κ1) is 17.0. The van der Waals surface area contributed by atoms with Crippen LogP contribution in [0.15, 0.2) is 41.9 Å². The Bertz CT molecular complexity index is 763. The maximum Gasteiger partial charge on any atom is 0.259 e. The molecule has 2 atom stereocenters. The van der Waals surface area contributed by atoms with Crippen molar-refractivity contribution in [2.45, 2.75) is 30.2 Å². The van der Waals surface area contributed by atoms with Crippen molar-refractivity contribution < 1.29 is 17.9 Å². The van der Waals surface area contributed by atoms with Crippen LogP contribution < -0.4 is 4.72 Å². The fraction of sp³-hybridized carbons (Fsp3) is 0.467. The van der Waals surface area contributed by atoms with Crippen molar-refractivity contribution in [3.05, 3.63) is 42.6 Å². The topological polar surface area (TPSA) is 95.3 Å². The normalized spacial score (nSPS) is 21.7. The summed E-state index contributed by atoms with van der Waals surface area (Å²) in [6.45, 7) is 1.13. The maximum absolute atomic E-state index is 12.4. The van der Waals surface area contributed by atoms with Crippen LogP contribution in [0, 0.1) is 0 Å². The zero-order valence-electron chi connectivity index (χ0n) is 13.3. The number of sulfonamides is 1. The van der Waals surface area contributed by atoms with Crippen molar-refractivity contribution in [3.63, 3.8) is 0 Å². The summed E-state index contributed by atoms with van der Waals surface area (Å²) >= 11 is 0. The van der Waals surface area contributed by atoms with Crippen LogP contribution in [0.25, 0.3) is 0 Å². The molecule has 9 heteroatoms. The second-order valence-electron chi connectivity index (χ2n) is 5.64. The molecular weight excluding hydrogens is 332 g/mol. The number of pyridine rings is 1. The highest BCUT2D eigenvalue weighted by Gasteiger charge is 2.31. The first-order valence-corrected chi connectivity index (χ1v) is 9.12. The molecule has 3 rings (SSSR count). The minimum absolute atomic E-state index is 0.0148. The highest BCUT2D eigenvalue weighted by atomic mass is 32.2. The zero-order chi connectivity index (χ0) is 17.0. The van der Waals surface area contributed by atoms with Crippen LogP contribution in [0.2, 0.25) is 0 Å². The molecule has 0 unspecified atom stereocenters. The van der Waals surface area contributed by atoms with Crippen molar-refractivity contribution in [2.24, 2.45) is 7.05 Å². The molecule has 0 amide bonds. The van der Waals surface area contributed by atoms with Gasteiger partial charge in [0, 0.05) is 26.0 Å². The van der Waals surface area contributed by atoms with Crippen molar-refractivity contribution in [1.82, 2.24) is 19.3 Å². The summed E-state index contributed by atoms with van der Waals surface area (Å²) in [4.78, 5) is 8.10. The van der Waals surface area contributed by atoms with Gasteiger partial charge in [-0.15, -0.1) is 0 Å². The third kappa shape index (κ3) is 4.18. The van der Waals surface area contributed by atoms with Crippen LogP contribution >= 0.6 is 0 Å². The molecule has 0 aliphatic carbocycles. The molecule has 1 aliphatic rings. The number of rotatable bonds is 6. The summed E-state index contributed by atoms with van der Waals surface area (Å²) in [6.07, 6.45) is 4.93. The summed E-state index contributed by atoms with van der Waals surface area (Å²) in [5.41, 5.74) is 0.801. The van der Waals surface area contributed by atoms with Crippen LogP contribution in [0.4, 0.5) is 0 Å². The number of ether oxygens (including phenoxy) is 2. The Morgan fingerprint density at radius 2 is 2.29 bits per heavy atom. The smallest absolute Gasteiger partial charge is 0.259 e. The SMILES string of the molecule is Cn1cnc(S(=O)(=O)N[C@@H]2COCC[C@H]2OCc2ccccn2)c1. The molecular formula is C15H20N4O4S. The average Bonchev–Trinajstić information content (AvgIpc) is 3.02. The molecule has 1 N–H and O–H groups in total. The predicted octanol–water partition coefficient (Wildman–Crippen LogP) is 0.468. The van der Waals surface area contributed by atoms with Gasteiger partial charge in [-0.1, -0.05) is 6.07 Å². The highest BCUT2D eigenvalue weighted by Crippen LogP contribution is 2.16. The lowest BCUT2D eigenvalue weighted by atomic mass is 10.1. The molecule has 0 bridgehead atoms. The van der Waals surface area contributed by atoms with E-state index >= 15 is 0 Å². The number of aromatic nitrogens is 3. The third-order valence-electron chi connectivity index (χ3n) is 3.73. The number of hydrogen-bond acceptors (Lipinski definition) is 6. The highest BCUT2D eigenvalue weighted by molar-refractivity contribution is 7.89. The number of imidazole rings is 1. The van der Waals surface area contributed by atoms with E-state index in [9.17, 15) is 8.42 Å². The Kier molecular flexibility index (Phi) is 5.24. The lowest BCUT2D eigenvalue weighted by Gasteiger charge is -2.31. The van der Waals surface area contributed by atoms with Gasteiger partial charge in [-0.3, -0.25) is 4.98 Å². The molecule has 0 spiro atoms.